The van der Waals surface area contributed by atoms with Gasteiger partial charge in [-0.05, 0) is 43.3 Å². The molecule has 1 unspecified atom stereocenters. The average Bonchev–Trinajstić information content (AvgIpc) is 2.77. The molecule has 0 aliphatic carbocycles. The molecule has 0 saturated heterocycles. The zero-order chi connectivity index (χ0) is 13.1. The van der Waals surface area contributed by atoms with E-state index in [9.17, 15) is 4.39 Å². The Kier molecular flexibility index (Phi) is 3.99. The minimum Gasteiger partial charge on any atom is -0.311 e. The van der Waals surface area contributed by atoms with Gasteiger partial charge in [-0.25, -0.2) is 4.39 Å². The van der Waals surface area contributed by atoms with Gasteiger partial charge in [0.25, 0.3) is 0 Å². The fourth-order valence-electron chi connectivity index (χ4n) is 2.00. The van der Waals surface area contributed by atoms with E-state index in [1.807, 2.05) is 20.2 Å². The van der Waals surface area contributed by atoms with Crippen LogP contribution in [0.5, 0.6) is 0 Å². The molecular weight excluding hydrogens is 253 g/mol. The molecule has 1 aromatic heterocycles. The first kappa shape index (κ1) is 13.1. The summed E-state index contributed by atoms with van der Waals surface area (Å²) in [5.74, 6) is -0.269. The van der Waals surface area contributed by atoms with Gasteiger partial charge in [-0.2, -0.15) is 5.10 Å². The number of hydrogen-bond acceptors (Lipinski definition) is 2. The van der Waals surface area contributed by atoms with E-state index in [-0.39, 0.29) is 11.9 Å². The third-order valence-electron chi connectivity index (χ3n) is 3.00. The zero-order valence-electron chi connectivity index (χ0n) is 10.3. The van der Waals surface area contributed by atoms with Crippen molar-refractivity contribution in [2.24, 2.45) is 7.05 Å². The molecule has 1 atom stereocenters. The second-order valence-electron chi connectivity index (χ2n) is 4.16. The summed E-state index contributed by atoms with van der Waals surface area (Å²) in [5, 5.41) is 7.92. The molecule has 0 bridgehead atoms. The normalized spacial score (nSPS) is 12.7. The smallest absolute Gasteiger partial charge is 0.123 e. The maximum absolute atomic E-state index is 13.2. The highest BCUT2D eigenvalue weighted by Gasteiger charge is 2.15. The summed E-state index contributed by atoms with van der Waals surface area (Å²) in [7, 11) is 3.75. The van der Waals surface area contributed by atoms with Gasteiger partial charge in [-0.3, -0.25) is 4.68 Å². The van der Waals surface area contributed by atoms with E-state index in [1.54, 1.807) is 16.9 Å². The Hall–Kier alpha value is -1.39. The number of halogens is 2. The highest BCUT2D eigenvalue weighted by atomic mass is 35.5. The Morgan fingerprint density at radius 3 is 2.83 bits per heavy atom. The van der Waals surface area contributed by atoms with Gasteiger partial charge in [0.15, 0.2) is 0 Å². The number of nitrogens with zero attached hydrogens (tertiary/aromatic N) is 2. The molecule has 1 N–H and O–H groups in total. The van der Waals surface area contributed by atoms with Crippen LogP contribution in [-0.4, -0.2) is 16.8 Å². The van der Waals surface area contributed by atoms with Crippen molar-refractivity contribution in [2.45, 2.75) is 12.5 Å². The van der Waals surface area contributed by atoms with Crippen LogP contribution in [0.25, 0.3) is 0 Å². The molecule has 0 radical (unpaired) electrons. The fourth-order valence-corrected chi connectivity index (χ4v) is 2.19. The number of aromatic nitrogens is 2. The van der Waals surface area contributed by atoms with Crippen molar-refractivity contribution in [1.82, 2.24) is 15.1 Å². The zero-order valence-corrected chi connectivity index (χ0v) is 11.1. The summed E-state index contributed by atoms with van der Waals surface area (Å²) in [6.07, 6.45) is 2.36. The largest absolute Gasteiger partial charge is 0.311 e. The van der Waals surface area contributed by atoms with Crippen LogP contribution in [0.4, 0.5) is 4.39 Å². The summed E-state index contributed by atoms with van der Waals surface area (Å²) in [6.45, 7) is 0. The van der Waals surface area contributed by atoms with E-state index in [1.165, 1.54) is 12.1 Å². The third kappa shape index (κ3) is 2.71. The van der Waals surface area contributed by atoms with E-state index >= 15 is 0 Å². The van der Waals surface area contributed by atoms with Gasteiger partial charge in [0.1, 0.15) is 5.82 Å². The molecule has 0 saturated carbocycles. The first-order chi connectivity index (χ1) is 8.61. The van der Waals surface area contributed by atoms with Crippen LogP contribution in [0.15, 0.2) is 30.5 Å². The Morgan fingerprint density at radius 2 is 2.22 bits per heavy atom. The molecule has 18 heavy (non-hydrogen) atoms. The minimum absolute atomic E-state index is 0.0526. The number of rotatable bonds is 4. The lowest BCUT2D eigenvalue weighted by Crippen LogP contribution is -2.21. The molecule has 0 amide bonds. The van der Waals surface area contributed by atoms with Crippen LogP contribution in [0.2, 0.25) is 5.02 Å². The SMILES string of the molecule is CNC(Cc1cc(F)ccc1Cl)c1ccnn1C. The van der Waals surface area contributed by atoms with Gasteiger partial charge in [0.05, 0.1) is 11.7 Å². The molecule has 3 nitrogen and oxygen atoms in total. The molecular formula is C13H15ClFN3. The predicted octanol–water partition coefficient (Wildman–Crippen LogP) is 2.72. The number of hydrogen-bond donors (Lipinski definition) is 1. The van der Waals surface area contributed by atoms with Crippen molar-refractivity contribution < 1.29 is 4.39 Å². The Balaban J connectivity index is 2.26. The quantitative estimate of drug-likeness (QED) is 0.923. The van der Waals surface area contributed by atoms with Crippen LogP contribution in [0, 0.1) is 5.82 Å². The van der Waals surface area contributed by atoms with Crippen LogP contribution in [-0.2, 0) is 13.5 Å². The Morgan fingerprint density at radius 1 is 1.44 bits per heavy atom. The average molecular weight is 268 g/mol. The molecule has 1 heterocycles. The van der Waals surface area contributed by atoms with E-state index in [0.29, 0.717) is 11.4 Å². The molecule has 5 heteroatoms. The summed E-state index contributed by atoms with van der Waals surface area (Å²) in [5.41, 5.74) is 1.83. The second kappa shape index (κ2) is 5.50. The minimum atomic E-state index is -0.269. The second-order valence-corrected chi connectivity index (χ2v) is 4.57. The number of aryl methyl sites for hydroxylation is 1. The van der Waals surface area contributed by atoms with Crippen molar-refractivity contribution in [3.63, 3.8) is 0 Å². The van der Waals surface area contributed by atoms with Crippen molar-refractivity contribution in [3.05, 3.63) is 52.6 Å². The van der Waals surface area contributed by atoms with Crippen LogP contribution >= 0.6 is 11.6 Å². The third-order valence-corrected chi connectivity index (χ3v) is 3.36. The molecule has 2 aromatic rings. The first-order valence-corrected chi connectivity index (χ1v) is 6.08. The van der Waals surface area contributed by atoms with Crippen LogP contribution in [0.3, 0.4) is 0 Å². The fraction of sp³-hybridized carbons (Fsp3) is 0.308. The lowest BCUT2D eigenvalue weighted by molar-refractivity contribution is 0.535. The monoisotopic (exact) mass is 267 g/mol. The highest BCUT2D eigenvalue weighted by Crippen LogP contribution is 2.23. The van der Waals surface area contributed by atoms with Crippen molar-refractivity contribution in [3.8, 4) is 0 Å². The lowest BCUT2D eigenvalue weighted by atomic mass is 10.0. The topological polar surface area (TPSA) is 29.9 Å². The molecule has 2 rings (SSSR count). The summed E-state index contributed by atoms with van der Waals surface area (Å²) >= 11 is 6.08. The van der Waals surface area contributed by atoms with E-state index < -0.39 is 0 Å². The molecule has 96 valence electrons. The lowest BCUT2D eigenvalue weighted by Gasteiger charge is -2.17. The highest BCUT2D eigenvalue weighted by molar-refractivity contribution is 6.31. The van der Waals surface area contributed by atoms with Crippen molar-refractivity contribution in [2.75, 3.05) is 7.05 Å². The Labute approximate surface area is 111 Å². The standard InChI is InChI=1S/C13H15ClFN3/c1-16-12(13-5-6-17-18(13)2)8-9-7-10(15)3-4-11(9)14/h3-7,12,16H,8H2,1-2H3. The van der Waals surface area contributed by atoms with Gasteiger partial charge in [-0.15, -0.1) is 0 Å². The molecule has 0 fully saturated rings. The predicted molar refractivity (Wildman–Crippen MR) is 70.1 cm³/mol. The summed E-state index contributed by atoms with van der Waals surface area (Å²) in [6, 6.07) is 6.42. The van der Waals surface area contributed by atoms with E-state index in [2.05, 4.69) is 10.4 Å². The summed E-state index contributed by atoms with van der Waals surface area (Å²) in [4.78, 5) is 0. The first-order valence-electron chi connectivity index (χ1n) is 5.71. The maximum atomic E-state index is 13.2. The molecule has 0 aliphatic heterocycles. The van der Waals surface area contributed by atoms with Gasteiger partial charge >= 0.3 is 0 Å². The number of benzene rings is 1. The van der Waals surface area contributed by atoms with Crippen molar-refractivity contribution >= 4 is 11.6 Å². The molecule has 0 spiro atoms. The van der Waals surface area contributed by atoms with Crippen LogP contribution in [0.1, 0.15) is 17.3 Å². The molecule has 0 aliphatic rings. The van der Waals surface area contributed by atoms with Crippen LogP contribution < -0.4 is 5.32 Å². The van der Waals surface area contributed by atoms with E-state index in [0.717, 1.165) is 11.3 Å². The summed E-state index contributed by atoms with van der Waals surface area (Å²) < 4.78 is 15.0. The van der Waals surface area contributed by atoms with Gasteiger partial charge < -0.3 is 5.32 Å². The number of nitrogens with one attached hydrogen (secondary N) is 1. The number of likely N-dealkylation sites (N-methyl/N-ethyl adjacent to an activating group) is 1. The van der Waals surface area contributed by atoms with E-state index in [4.69, 9.17) is 11.6 Å². The van der Waals surface area contributed by atoms with Crippen molar-refractivity contribution in [1.29, 1.82) is 0 Å². The molecule has 1 aromatic carbocycles. The van der Waals surface area contributed by atoms with Gasteiger partial charge in [0, 0.05) is 18.3 Å². The maximum Gasteiger partial charge on any atom is 0.123 e. The van der Waals surface area contributed by atoms with Gasteiger partial charge in [0.2, 0.25) is 0 Å². The van der Waals surface area contributed by atoms with Gasteiger partial charge in [-0.1, -0.05) is 11.6 Å². The Bertz CT molecular complexity index is 539.